The molecule has 210 valence electrons. The van der Waals surface area contributed by atoms with Gasteiger partial charge in [-0.15, -0.1) is 0 Å². The van der Waals surface area contributed by atoms with Gasteiger partial charge in [-0.1, -0.05) is 35.9 Å². The Bertz CT molecular complexity index is 1270. The highest BCUT2D eigenvalue weighted by molar-refractivity contribution is 6.32. The summed E-state index contributed by atoms with van der Waals surface area (Å²) < 4.78 is 7.72. The molecule has 1 heterocycles. The van der Waals surface area contributed by atoms with E-state index in [0.717, 1.165) is 22.6 Å². The van der Waals surface area contributed by atoms with E-state index in [1.165, 1.54) is 6.92 Å². The number of nitrogens with one attached hydrogen (secondary N) is 2. The van der Waals surface area contributed by atoms with E-state index in [1.54, 1.807) is 18.2 Å². The Labute approximate surface area is 235 Å². The first-order valence-electron chi connectivity index (χ1n) is 13.3. The van der Waals surface area contributed by atoms with Crippen molar-refractivity contribution in [2.75, 3.05) is 6.61 Å². The summed E-state index contributed by atoms with van der Waals surface area (Å²) in [5, 5.41) is 15.9. The van der Waals surface area contributed by atoms with Crippen molar-refractivity contribution in [3.63, 3.8) is 0 Å². The van der Waals surface area contributed by atoms with Crippen LogP contribution < -0.4 is 15.4 Å². The van der Waals surface area contributed by atoms with Crippen molar-refractivity contribution in [2.24, 2.45) is 0 Å². The fourth-order valence-electron chi connectivity index (χ4n) is 4.39. The molecule has 0 aliphatic rings. The molecule has 0 spiro atoms. The Kier molecular flexibility index (Phi) is 10.5. The van der Waals surface area contributed by atoms with Crippen LogP contribution in [0.5, 0.6) is 5.75 Å². The Morgan fingerprint density at radius 2 is 1.74 bits per heavy atom. The summed E-state index contributed by atoms with van der Waals surface area (Å²) in [4.78, 5) is 29.3. The molecule has 2 aromatic carbocycles. The van der Waals surface area contributed by atoms with Crippen molar-refractivity contribution < 1.29 is 19.4 Å². The van der Waals surface area contributed by atoms with E-state index in [0.29, 0.717) is 29.2 Å². The van der Waals surface area contributed by atoms with Crippen molar-refractivity contribution in [1.82, 2.24) is 20.2 Å². The molecule has 2 atom stereocenters. The normalized spacial score (nSPS) is 12.9. The lowest BCUT2D eigenvalue weighted by atomic mass is 10.0. The molecule has 0 saturated carbocycles. The van der Waals surface area contributed by atoms with Gasteiger partial charge in [0, 0.05) is 42.9 Å². The van der Waals surface area contributed by atoms with Crippen LogP contribution in [0, 0.1) is 0 Å². The molecule has 8 nitrogen and oxygen atoms in total. The number of aliphatic hydroxyl groups excluding tert-OH is 1. The number of ether oxygens (including phenoxy) is 1. The van der Waals surface area contributed by atoms with Crippen molar-refractivity contribution in [3.05, 3.63) is 70.6 Å². The fourth-order valence-corrected chi connectivity index (χ4v) is 4.61. The van der Waals surface area contributed by atoms with E-state index in [2.05, 4.69) is 29.0 Å². The van der Waals surface area contributed by atoms with E-state index < -0.39 is 0 Å². The number of carbonyl (C=O) groups is 2. The highest BCUT2D eigenvalue weighted by atomic mass is 35.5. The highest BCUT2D eigenvalue weighted by Crippen LogP contribution is 2.27. The van der Waals surface area contributed by atoms with E-state index in [1.807, 2.05) is 51.2 Å². The first-order chi connectivity index (χ1) is 18.5. The molecule has 0 aliphatic carbocycles. The summed E-state index contributed by atoms with van der Waals surface area (Å²) in [6, 6.07) is 12.7. The van der Waals surface area contributed by atoms with Crippen LogP contribution >= 0.6 is 11.6 Å². The molecule has 2 unspecified atom stereocenters. The first-order valence-corrected chi connectivity index (χ1v) is 13.7. The van der Waals surface area contributed by atoms with Gasteiger partial charge < -0.3 is 25.0 Å². The van der Waals surface area contributed by atoms with E-state index in [9.17, 15) is 14.7 Å². The predicted molar refractivity (Wildman–Crippen MR) is 154 cm³/mol. The van der Waals surface area contributed by atoms with Gasteiger partial charge in [0.05, 0.1) is 22.9 Å². The third-order valence-corrected chi connectivity index (χ3v) is 6.52. The van der Waals surface area contributed by atoms with Crippen LogP contribution in [0.3, 0.4) is 0 Å². The molecule has 3 aromatic rings. The summed E-state index contributed by atoms with van der Waals surface area (Å²) in [7, 11) is 0. The summed E-state index contributed by atoms with van der Waals surface area (Å²) in [5.74, 6) is 0.971. The van der Waals surface area contributed by atoms with Gasteiger partial charge in [0.2, 0.25) is 5.91 Å². The lowest BCUT2D eigenvalue weighted by molar-refractivity contribution is -0.119. The van der Waals surface area contributed by atoms with Gasteiger partial charge in [-0.3, -0.25) is 9.59 Å². The molecule has 9 heteroatoms. The van der Waals surface area contributed by atoms with Gasteiger partial charge in [-0.05, 0) is 71.2 Å². The van der Waals surface area contributed by atoms with Crippen molar-refractivity contribution >= 4 is 23.4 Å². The minimum atomic E-state index is -0.261. The predicted octanol–water partition coefficient (Wildman–Crippen LogP) is 5.49. The van der Waals surface area contributed by atoms with Crippen LogP contribution in [0.15, 0.2) is 48.7 Å². The molecule has 1 aromatic heterocycles. The Balaban J connectivity index is 1.72. The fraction of sp³-hybridized carbons (Fsp3) is 0.433. The Hall–Kier alpha value is -3.36. The summed E-state index contributed by atoms with van der Waals surface area (Å²) in [6.07, 6.45) is 2.95. The minimum absolute atomic E-state index is 0.0252. The molecule has 39 heavy (non-hydrogen) atoms. The van der Waals surface area contributed by atoms with Gasteiger partial charge in [0.15, 0.2) is 0 Å². The number of hydrogen-bond acceptors (Lipinski definition) is 5. The number of imidazole rings is 1. The number of aliphatic hydroxyl groups is 1. The average molecular weight is 555 g/mol. The molecule has 0 bridgehead atoms. The largest absolute Gasteiger partial charge is 0.489 e. The second-order valence-electron chi connectivity index (χ2n) is 10.3. The molecule has 0 radical (unpaired) electrons. The topological polar surface area (TPSA) is 105 Å². The SMILES string of the molecule is CC(=O)NC(C)c1nc(-c2ccc(CC(CCO)NC(=O)c3ccc(OC(C)C)c(Cl)c3)cc2)cn1C(C)C. The van der Waals surface area contributed by atoms with Crippen molar-refractivity contribution in [1.29, 1.82) is 0 Å². The van der Waals surface area contributed by atoms with E-state index in [4.69, 9.17) is 21.3 Å². The van der Waals surface area contributed by atoms with E-state index in [-0.39, 0.29) is 42.7 Å². The van der Waals surface area contributed by atoms with E-state index >= 15 is 0 Å². The maximum Gasteiger partial charge on any atom is 0.251 e. The number of hydrogen-bond donors (Lipinski definition) is 3. The Morgan fingerprint density at radius 1 is 1.05 bits per heavy atom. The third kappa shape index (κ3) is 8.31. The van der Waals surface area contributed by atoms with Crippen molar-refractivity contribution in [2.45, 2.75) is 78.6 Å². The standard InChI is InChI=1S/C30H39ClN4O4/c1-18(2)35-17-27(34-29(35)20(5)32-21(6)37)23-9-7-22(8-10-23)15-25(13-14-36)33-30(38)24-11-12-28(26(31)16-24)39-19(3)4/h7-12,16-20,25,36H,13-15H2,1-6H3,(H,32,37)(H,33,38). The first kappa shape index (κ1) is 30.2. The molecule has 0 aliphatic heterocycles. The van der Waals surface area contributed by atoms with Crippen LogP contribution in [0.1, 0.15) is 81.8 Å². The maximum atomic E-state index is 12.9. The molecule has 0 saturated heterocycles. The molecule has 3 rings (SSSR count). The second-order valence-corrected chi connectivity index (χ2v) is 10.7. The Morgan fingerprint density at radius 3 is 2.31 bits per heavy atom. The smallest absolute Gasteiger partial charge is 0.251 e. The highest BCUT2D eigenvalue weighted by Gasteiger charge is 2.19. The lowest BCUT2D eigenvalue weighted by Gasteiger charge is -2.19. The average Bonchev–Trinajstić information content (AvgIpc) is 3.31. The zero-order valence-electron chi connectivity index (χ0n) is 23.5. The number of amides is 2. The summed E-state index contributed by atoms with van der Waals surface area (Å²) in [5.41, 5.74) is 3.23. The lowest BCUT2D eigenvalue weighted by Crippen LogP contribution is -2.37. The number of halogens is 1. The minimum Gasteiger partial charge on any atom is -0.489 e. The van der Waals surface area contributed by atoms with Gasteiger partial charge in [0.1, 0.15) is 11.6 Å². The zero-order valence-corrected chi connectivity index (χ0v) is 24.2. The molecule has 3 N–H and O–H groups in total. The summed E-state index contributed by atoms with van der Waals surface area (Å²) >= 11 is 6.31. The number of carbonyl (C=O) groups excluding carboxylic acids is 2. The van der Waals surface area contributed by atoms with Crippen LogP contribution in [-0.2, 0) is 11.2 Å². The molecule has 2 amide bonds. The van der Waals surface area contributed by atoms with Crippen LogP contribution in [0.4, 0.5) is 0 Å². The van der Waals surface area contributed by atoms with Crippen molar-refractivity contribution in [3.8, 4) is 17.0 Å². The monoisotopic (exact) mass is 554 g/mol. The van der Waals surface area contributed by atoms with Gasteiger partial charge in [-0.2, -0.15) is 0 Å². The van der Waals surface area contributed by atoms with Gasteiger partial charge >= 0.3 is 0 Å². The number of nitrogens with zero attached hydrogens (tertiary/aromatic N) is 2. The number of benzene rings is 2. The van der Waals surface area contributed by atoms with Gasteiger partial charge in [0.25, 0.3) is 5.91 Å². The number of rotatable bonds is 12. The molecular weight excluding hydrogens is 516 g/mol. The maximum absolute atomic E-state index is 12.9. The van der Waals surface area contributed by atoms with Crippen LogP contribution in [0.2, 0.25) is 5.02 Å². The third-order valence-electron chi connectivity index (χ3n) is 6.23. The summed E-state index contributed by atoms with van der Waals surface area (Å²) in [6.45, 7) is 11.4. The van der Waals surface area contributed by atoms with Crippen LogP contribution in [0.25, 0.3) is 11.3 Å². The zero-order chi connectivity index (χ0) is 28.7. The number of aromatic nitrogens is 2. The quantitative estimate of drug-likeness (QED) is 0.274. The second kappa shape index (κ2) is 13.6. The van der Waals surface area contributed by atoms with Gasteiger partial charge in [-0.25, -0.2) is 4.98 Å². The molecule has 0 fully saturated rings. The molecular formula is C30H39ClN4O4. The van der Waals surface area contributed by atoms with Crippen LogP contribution in [-0.4, -0.2) is 45.2 Å².